The third kappa shape index (κ3) is 4.58. The number of nitro benzene ring substituents is 1. The molecule has 136 valence electrons. The summed E-state index contributed by atoms with van der Waals surface area (Å²) in [6.45, 7) is 0.982. The number of benzene rings is 2. The molecule has 0 bridgehead atoms. The van der Waals surface area contributed by atoms with E-state index in [-0.39, 0.29) is 23.9 Å². The fourth-order valence-electron chi connectivity index (χ4n) is 2.84. The summed E-state index contributed by atoms with van der Waals surface area (Å²) in [5.74, 6) is 0.105. The summed E-state index contributed by atoms with van der Waals surface area (Å²) in [5.41, 5.74) is 1.52. The van der Waals surface area contributed by atoms with E-state index in [4.69, 9.17) is 4.74 Å². The van der Waals surface area contributed by atoms with Crippen LogP contribution in [0.1, 0.15) is 18.4 Å². The topological polar surface area (TPSA) is 84.7 Å². The highest BCUT2D eigenvalue weighted by Crippen LogP contribution is 2.30. The Balaban J connectivity index is 1.66. The number of nitro groups is 1. The monoisotopic (exact) mass is 355 g/mol. The molecule has 1 fully saturated rings. The third-order valence-electron chi connectivity index (χ3n) is 4.31. The van der Waals surface area contributed by atoms with Crippen molar-refractivity contribution in [1.29, 1.82) is 0 Å². The first-order valence-electron chi connectivity index (χ1n) is 8.47. The Hall–Kier alpha value is -2.93. The van der Waals surface area contributed by atoms with E-state index in [2.05, 4.69) is 10.2 Å². The number of carbonyl (C=O) groups is 1. The van der Waals surface area contributed by atoms with Crippen molar-refractivity contribution in [1.82, 2.24) is 4.90 Å². The molecule has 7 heteroatoms. The minimum atomic E-state index is -0.497. The largest absolute Gasteiger partial charge is 0.494 e. The van der Waals surface area contributed by atoms with Crippen LogP contribution < -0.4 is 10.1 Å². The maximum absolute atomic E-state index is 12.5. The van der Waals surface area contributed by atoms with E-state index in [0.29, 0.717) is 11.7 Å². The fourth-order valence-corrected chi connectivity index (χ4v) is 2.84. The highest BCUT2D eigenvalue weighted by Gasteiger charge is 2.30. The summed E-state index contributed by atoms with van der Waals surface area (Å²) in [5, 5.41) is 13.7. The second-order valence-corrected chi connectivity index (χ2v) is 6.31. The van der Waals surface area contributed by atoms with Gasteiger partial charge in [0.15, 0.2) is 0 Å². The van der Waals surface area contributed by atoms with Gasteiger partial charge in [-0.15, -0.1) is 0 Å². The average Bonchev–Trinajstić information content (AvgIpc) is 3.47. The molecule has 0 spiro atoms. The van der Waals surface area contributed by atoms with Crippen LogP contribution in [-0.4, -0.2) is 35.4 Å². The molecule has 7 nitrogen and oxygen atoms in total. The summed E-state index contributed by atoms with van der Waals surface area (Å²) in [6, 6.07) is 14.6. The number of ether oxygens (including phenoxy) is 1. The van der Waals surface area contributed by atoms with E-state index in [1.807, 2.05) is 30.3 Å². The van der Waals surface area contributed by atoms with Crippen LogP contribution in [0, 0.1) is 10.1 Å². The van der Waals surface area contributed by atoms with E-state index in [1.54, 1.807) is 0 Å². The SMILES string of the molecule is COc1cc([N+](=O)[O-])ccc1NC(=O)CN(Cc1ccccc1)C1CC1. The molecule has 1 amide bonds. The molecule has 0 aromatic heterocycles. The van der Waals surface area contributed by atoms with Gasteiger partial charge in [0.2, 0.25) is 5.91 Å². The van der Waals surface area contributed by atoms with Gasteiger partial charge in [0.05, 0.1) is 30.3 Å². The van der Waals surface area contributed by atoms with Crippen molar-refractivity contribution in [2.24, 2.45) is 0 Å². The molecule has 0 radical (unpaired) electrons. The molecular formula is C19H21N3O4. The number of hydrogen-bond acceptors (Lipinski definition) is 5. The smallest absolute Gasteiger partial charge is 0.273 e. The second kappa shape index (κ2) is 7.97. The number of non-ortho nitro benzene ring substituents is 1. The Labute approximate surface area is 151 Å². The number of anilines is 1. The van der Waals surface area contributed by atoms with Gasteiger partial charge in [-0.2, -0.15) is 0 Å². The Morgan fingerprint density at radius 3 is 2.62 bits per heavy atom. The molecule has 3 rings (SSSR count). The van der Waals surface area contributed by atoms with Crippen molar-refractivity contribution in [3.63, 3.8) is 0 Å². The normalized spacial score (nSPS) is 13.5. The van der Waals surface area contributed by atoms with Crippen molar-refractivity contribution >= 4 is 17.3 Å². The van der Waals surface area contributed by atoms with Gasteiger partial charge >= 0.3 is 0 Å². The van der Waals surface area contributed by atoms with Crippen LogP contribution in [0.5, 0.6) is 5.75 Å². The van der Waals surface area contributed by atoms with E-state index in [0.717, 1.165) is 19.4 Å². The number of carbonyl (C=O) groups excluding carboxylic acids is 1. The number of rotatable bonds is 8. The zero-order chi connectivity index (χ0) is 18.5. The standard InChI is InChI=1S/C19H21N3O4/c1-26-18-11-16(22(24)25)9-10-17(18)20-19(23)13-21(15-7-8-15)12-14-5-3-2-4-6-14/h2-6,9-11,15H,7-8,12-13H2,1H3,(H,20,23). The maximum Gasteiger partial charge on any atom is 0.273 e. The van der Waals surface area contributed by atoms with Crippen LogP contribution in [0.2, 0.25) is 0 Å². The molecule has 0 saturated heterocycles. The first-order valence-corrected chi connectivity index (χ1v) is 8.47. The lowest BCUT2D eigenvalue weighted by Gasteiger charge is -2.21. The predicted molar refractivity (Wildman–Crippen MR) is 98.2 cm³/mol. The minimum absolute atomic E-state index is 0.0801. The number of nitrogens with zero attached hydrogens (tertiary/aromatic N) is 2. The third-order valence-corrected chi connectivity index (χ3v) is 4.31. The van der Waals surface area contributed by atoms with E-state index in [9.17, 15) is 14.9 Å². The summed E-state index contributed by atoms with van der Waals surface area (Å²) in [7, 11) is 1.42. The van der Waals surface area contributed by atoms with Crippen molar-refractivity contribution in [3.8, 4) is 5.75 Å². The molecule has 26 heavy (non-hydrogen) atoms. The predicted octanol–water partition coefficient (Wildman–Crippen LogP) is 3.21. The van der Waals surface area contributed by atoms with E-state index >= 15 is 0 Å². The molecule has 0 aliphatic heterocycles. The molecule has 2 aromatic carbocycles. The summed E-state index contributed by atoms with van der Waals surface area (Å²) >= 11 is 0. The zero-order valence-corrected chi connectivity index (χ0v) is 14.6. The number of amides is 1. The van der Waals surface area contributed by atoms with Crippen LogP contribution in [-0.2, 0) is 11.3 Å². The molecule has 1 aliphatic rings. The summed E-state index contributed by atoms with van der Waals surface area (Å²) in [6.07, 6.45) is 2.20. The molecule has 0 heterocycles. The highest BCUT2D eigenvalue weighted by molar-refractivity contribution is 5.94. The van der Waals surface area contributed by atoms with Gasteiger partial charge in [0.1, 0.15) is 5.75 Å². The van der Waals surface area contributed by atoms with Crippen LogP contribution in [0.15, 0.2) is 48.5 Å². The van der Waals surface area contributed by atoms with Gasteiger partial charge in [-0.3, -0.25) is 19.8 Å². The Morgan fingerprint density at radius 2 is 2.00 bits per heavy atom. The zero-order valence-electron chi connectivity index (χ0n) is 14.6. The average molecular weight is 355 g/mol. The summed E-state index contributed by atoms with van der Waals surface area (Å²) in [4.78, 5) is 25.0. The van der Waals surface area contributed by atoms with Crippen LogP contribution in [0.3, 0.4) is 0 Å². The lowest BCUT2D eigenvalue weighted by Crippen LogP contribution is -2.34. The molecule has 2 aromatic rings. The number of hydrogen-bond donors (Lipinski definition) is 1. The molecule has 1 N–H and O–H groups in total. The molecule has 1 saturated carbocycles. The maximum atomic E-state index is 12.5. The van der Waals surface area contributed by atoms with Gasteiger partial charge in [-0.25, -0.2) is 0 Å². The highest BCUT2D eigenvalue weighted by atomic mass is 16.6. The van der Waals surface area contributed by atoms with Gasteiger partial charge < -0.3 is 10.1 Å². The second-order valence-electron chi connectivity index (χ2n) is 6.31. The first kappa shape index (κ1) is 17.9. The summed E-state index contributed by atoms with van der Waals surface area (Å²) < 4.78 is 5.16. The lowest BCUT2D eigenvalue weighted by atomic mass is 10.2. The number of methoxy groups -OCH3 is 1. The molecule has 0 atom stereocenters. The van der Waals surface area contributed by atoms with Gasteiger partial charge in [-0.1, -0.05) is 30.3 Å². The van der Waals surface area contributed by atoms with Gasteiger partial charge in [0.25, 0.3) is 5.69 Å². The molecule has 0 unspecified atom stereocenters. The van der Waals surface area contributed by atoms with Gasteiger partial charge in [0, 0.05) is 18.7 Å². The fraction of sp³-hybridized carbons (Fsp3) is 0.316. The van der Waals surface area contributed by atoms with Crippen molar-refractivity contribution in [2.75, 3.05) is 19.0 Å². The lowest BCUT2D eigenvalue weighted by molar-refractivity contribution is -0.384. The van der Waals surface area contributed by atoms with Crippen molar-refractivity contribution < 1.29 is 14.5 Å². The van der Waals surface area contributed by atoms with Crippen LogP contribution in [0.4, 0.5) is 11.4 Å². The van der Waals surface area contributed by atoms with E-state index < -0.39 is 4.92 Å². The quantitative estimate of drug-likeness (QED) is 0.580. The molecular weight excluding hydrogens is 334 g/mol. The first-order chi connectivity index (χ1) is 12.6. The molecule has 1 aliphatic carbocycles. The number of nitrogens with one attached hydrogen (secondary N) is 1. The van der Waals surface area contributed by atoms with Crippen molar-refractivity contribution in [3.05, 3.63) is 64.2 Å². The van der Waals surface area contributed by atoms with Crippen molar-refractivity contribution in [2.45, 2.75) is 25.4 Å². The Bertz CT molecular complexity index is 791. The van der Waals surface area contributed by atoms with E-state index in [1.165, 1.54) is 30.9 Å². The van der Waals surface area contributed by atoms with Crippen LogP contribution in [0.25, 0.3) is 0 Å². The van der Waals surface area contributed by atoms with Crippen LogP contribution >= 0.6 is 0 Å². The minimum Gasteiger partial charge on any atom is -0.494 e. The Kier molecular flexibility index (Phi) is 5.48. The van der Waals surface area contributed by atoms with Gasteiger partial charge in [-0.05, 0) is 24.5 Å². The Morgan fingerprint density at radius 1 is 1.27 bits per heavy atom.